The second kappa shape index (κ2) is 8.66. The molecular formula is C19H18N2OS2. The Bertz CT molecular complexity index is 773. The van der Waals surface area contributed by atoms with Gasteiger partial charge in [-0.25, -0.2) is 0 Å². The Hall–Kier alpha value is -2.11. The van der Waals surface area contributed by atoms with E-state index in [1.54, 1.807) is 29.3 Å². The number of hydrogen-bond donors (Lipinski definition) is 1. The van der Waals surface area contributed by atoms with E-state index in [4.69, 9.17) is 0 Å². The lowest BCUT2D eigenvalue weighted by Crippen LogP contribution is -2.25. The quantitative estimate of drug-likeness (QED) is 0.685. The molecular weight excluding hydrogens is 336 g/mol. The van der Waals surface area contributed by atoms with E-state index in [1.807, 2.05) is 41.8 Å². The van der Waals surface area contributed by atoms with Gasteiger partial charge >= 0.3 is 0 Å². The number of aromatic nitrogens is 1. The highest BCUT2D eigenvalue weighted by Crippen LogP contribution is 2.23. The molecule has 0 aliphatic carbocycles. The molecule has 0 unspecified atom stereocenters. The Morgan fingerprint density at radius 1 is 1.12 bits per heavy atom. The van der Waals surface area contributed by atoms with Gasteiger partial charge in [0.15, 0.2) is 0 Å². The first-order valence-electron chi connectivity index (χ1n) is 7.68. The number of carbonyl (C=O) groups is 1. The smallest absolute Gasteiger partial charge is 0.230 e. The second-order valence-corrected chi connectivity index (χ2v) is 7.04. The Balaban J connectivity index is 1.50. The number of nitrogens with one attached hydrogen (secondary N) is 1. The van der Waals surface area contributed by atoms with Gasteiger partial charge in [0.05, 0.1) is 11.4 Å². The first kappa shape index (κ1) is 16.7. The number of thiophene rings is 1. The topological polar surface area (TPSA) is 42.0 Å². The van der Waals surface area contributed by atoms with Gasteiger partial charge in [0.25, 0.3) is 0 Å². The van der Waals surface area contributed by atoms with Gasteiger partial charge in [-0.2, -0.15) is 11.3 Å². The molecule has 0 aliphatic heterocycles. The van der Waals surface area contributed by atoms with Gasteiger partial charge in [0.2, 0.25) is 5.91 Å². The highest BCUT2D eigenvalue weighted by molar-refractivity contribution is 7.99. The second-order valence-electron chi connectivity index (χ2n) is 5.28. The molecule has 3 aromatic rings. The number of carbonyl (C=O) groups excluding carboxylic acids is 1. The summed E-state index contributed by atoms with van der Waals surface area (Å²) in [5, 5.41) is 7.10. The van der Waals surface area contributed by atoms with Gasteiger partial charge in [-0.3, -0.25) is 9.78 Å². The molecule has 0 saturated heterocycles. The fraction of sp³-hybridized carbons (Fsp3) is 0.158. The molecule has 0 aliphatic rings. The Labute approximate surface area is 150 Å². The number of amides is 1. The fourth-order valence-electron chi connectivity index (χ4n) is 2.32. The molecule has 1 N–H and O–H groups in total. The third kappa shape index (κ3) is 4.69. The van der Waals surface area contributed by atoms with Crippen molar-refractivity contribution in [2.24, 2.45) is 0 Å². The number of rotatable bonds is 7. The lowest BCUT2D eigenvalue weighted by molar-refractivity contribution is -0.118. The number of pyridine rings is 1. The van der Waals surface area contributed by atoms with Gasteiger partial charge in [-0.1, -0.05) is 36.4 Å². The minimum atomic E-state index is 0.0519. The van der Waals surface area contributed by atoms with Crippen LogP contribution in [0.25, 0.3) is 11.3 Å². The van der Waals surface area contributed by atoms with Crippen LogP contribution in [0.5, 0.6) is 0 Å². The third-order valence-corrected chi connectivity index (χ3v) is 5.19. The molecule has 2 heterocycles. The molecule has 24 heavy (non-hydrogen) atoms. The molecule has 1 amide bonds. The zero-order valence-electron chi connectivity index (χ0n) is 13.1. The van der Waals surface area contributed by atoms with Crippen molar-refractivity contribution < 1.29 is 4.79 Å². The standard InChI is InChI=1S/C19H18N2OS2/c22-18(14-24-12-15-5-2-1-3-6-15)21-11-16-7-4-9-20-19(16)17-8-10-23-13-17/h1-10,13H,11-12,14H2,(H,21,22). The van der Waals surface area contributed by atoms with Crippen molar-refractivity contribution in [3.63, 3.8) is 0 Å². The predicted octanol–water partition coefficient (Wildman–Crippen LogP) is 4.36. The van der Waals surface area contributed by atoms with Crippen molar-refractivity contribution in [2.75, 3.05) is 5.75 Å². The summed E-state index contributed by atoms with van der Waals surface area (Å²) < 4.78 is 0. The Morgan fingerprint density at radius 3 is 2.79 bits per heavy atom. The van der Waals surface area contributed by atoms with E-state index in [1.165, 1.54) is 5.56 Å². The normalized spacial score (nSPS) is 10.5. The van der Waals surface area contributed by atoms with Crippen LogP contribution in [0.4, 0.5) is 0 Å². The van der Waals surface area contributed by atoms with Crippen LogP contribution in [-0.2, 0) is 17.1 Å². The zero-order chi connectivity index (χ0) is 16.6. The van der Waals surface area contributed by atoms with Crippen LogP contribution >= 0.6 is 23.1 Å². The van der Waals surface area contributed by atoms with E-state index in [-0.39, 0.29) is 5.91 Å². The largest absolute Gasteiger partial charge is 0.351 e. The highest BCUT2D eigenvalue weighted by Gasteiger charge is 2.08. The number of benzene rings is 1. The summed E-state index contributed by atoms with van der Waals surface area (Å²) in [4.78, 5) is 16.5. The van der Waals surface area contributed by atoms with E-state index in [0.717, 1.165) is 22.6 Å². The molecule has 3 rings (SSSR count). The van der Waals surface area contributed by atoms with Crippen LogP contribution in [0.15, 0.2) is 65.5 Å². The van der Waals surface area contributed by atoms with Crippen molar-refractivity contribution in [3.05, 3.63) is 76.6 Å². The van der Waals surface area contributed by atoms with E-state index >= 15 is 0 Å². The van der Waals surface area contributed by atoms with Crippen molar-refractivity contribution in [3.8, 4) is 11.3 Å². The monoisotopic (exact) mass is 354 g/mol. The molecule has 3 nitrogen and oxygen atoms in total. The van der Waals surface area contributed by atoms with Crippen LogP contribution in [0.1, 0.15) is 11.1 Å². The minimum absolute atomic E-state index is 0.0519. The molecule has 2 aromatic heterocycles. The molecule has 0 spiro atoms. The number of hydrogen-bond acceptors (Lipinski definition) is 4. The van der Waals surface area contributed by atoms with Gasteiger partial charge in [-0.15, -0.1) is 11.8 Å². The van der Waals surface area contributed by atoms with Crippen LogP contribution in [0.2, 0.25) is 0 Å². The van der Waals surface area contributed by atoms with Crippen LogP contribution in [0, 0.1) is 0 Å². The molecule has 5 heteroatoms. The maximum absolute atomic E-state index is 12.1. The van der Waals surface area contributed by atoms with E-state index in [2.05, 4.69) is 27.8 Å². The summed E-state index contributed by atoms with van der Waals surface area (Å²) in [6.45, 7) is 0.504. The lowest BCUT2D eigenvalue weighted by atomic mass is 10.1. The van der Waals surface area contributed by atoms with Gasteiger partial charge in [-0.05, 0) is 28.6 Å². The molecule has 0 radical (unpaired) electrons. The summed E-state index contributed by atoms with van der Waals surface area (Å²) in [6, 6.07) is 16.2. The summed E-state index contributed by atoms with van der Waals surface area (Å²) in [7, 11) is 0. The number of thioether (sulfide) groups is 1. The Kier molecular flexibility index (Phi) is 6.04. The fourth-order valence-corrected chi connectivity index (χ4v) is 3.78. The SMILES string of the molecule is O=C(CSCc1ccccc1)NCc1cccnc1-c1ccsc1. The van der Waals surface area contributed by atoms with Crippen molar-refractivity contribution >= 4 is 29.0 Å². The molecule has 0 saturated carbocycles. The summed E-state index contributed by atoms with van der Waals surface area (Å²) in [6.07, 6.45) is 1.79. The first-order chi connectivity index (χ1) is 11.8. The number of nitrogens with zero attached hydrogens (tertiary/aromatic N) is 1. The summed E-state index contributed by atoms with van der Waals surface area (Å²) in [5.74, 6) is 1.36. The average molecular weight is 355 g/mol. The van der Waals surface area contributed by atoms with Crippen molar-refractivity contribution in [2.45, 2.75) is 12.3 Å². The van der Waals surface area contributed by atoms with Crippen molar-refractivity contribution in [1.29, 1.82) is 0 Å². The maximum Gasteiger partial charge on any atom is 0.230 e. The van der Waals surface area contributed by atoms with Gasteiger partial charge in [0, 0.05) is 29.4 Å². The first-order valence-corrected chi connectivity index (χ1v) is 9.77. The predicted molar refractivity (Wildman–Crippen MR) is 102 cm³/mol. The van der Waals surface area contributed by atoms with E-state index in [0.29, 0.717) is 12.3 Å². The molecule has 1 aromatic carbocycles. The van der Waals surface area contributed by atoms with Crippen molar-refractivity contribution in [1.82, 2.24) is 10.3 Å². The summed E-state index contributed by atoms with van der Waals surface area (Å²) in [5.41, 5.74) is 4.32. The van der Waals surface area contributed by atoms with Crippen LogP contribution in [0.3, 0.4) is 0 Å². The summed E-state index contributed by atoms with van der Waals surface area (Å²) >= 11 is 3.27. The van der Waals surface area contributed by atoms with Crippen LogP contribution in [-0.4, -0.2) is 16.6 Å². The zero-order valence-corrected chi connectivity index (χ0v) is 14.8. The van der Waals surface area contributed by atoms with Gasteiger partial charge < -0.3 is 5.32 Å². The average Bonchev–Trinajstić information content (AvgIpc) is 3.16. The molecule has 0 atom stereocenters. The molecule has 122 valence electrons. The van der Waals surface area contributed by atoms with Crippen LogP contribution < -0.4 is 5.32 Å². The van der Waals surface area contributed by atoms with Gasteiger partial charge in [0.1, 0.15) is 0 Å². The maximum atomic E-state index is 12.1. The lowest BCUT2D eigenvalue weighted by Gasteiger charge is -2.09. The van der Waals surface area contributed by atoms with E-state index < -0.39 is 0 Å². The van der Waals surface area contributed by atoms with E-state index in [9.17, 15) is 4.79 Å². The molecule has 0 bridgehead atoms. The Morgan fingerprint density at radius 2 is 2.00 bits per heavy atom. The minimum Gasteiger partial charge on any atom is -0.351 e. The highest BCUT2D eigenvalue weighted by atomic mass is 32.2. The third-order valence-electron chi connectivity index (χ3n) is 3.51. The molecule has 0 fully saturated rings.